The van der Waals surface area contributed by atoms with E-state index >= 15 is 0 Å². The molecule has 21 heavy (non-hydrogen) atoms. The lowest BCUT2D eigenvalue weighted by atomic mass is 10.1. The van der Waals surface area contributed by atoms with E-state index in [1.54, 1.807) is 13.2 Å². The Labute approximate surface area is 125 Å². The fraction of sp³-hybridized carbons (Fsp3) is 0.471. The highest BCUT2D eigenvalue weighted by atomic mass is 16.5. The molecular weight excluding hydrogens is 266 g/mol. The number of para-hydroxylation sites is 1. The van der Waals surface area contributed by atoms with E-state index in [0.29, 0.717) is 17.1 Å². The van der Waals surface area contributed by atoms with Crippen LogP contribution in [0.5, 0.6) is 5.75 Å². The van der Waals surface area contributed by atoms with Gasteiger partial charge in [-0.3, -0.25) is 4.79 Å². The first kappa shape index (κ1) is 15.4. The summed E-state index contributed by atoms with van der Waals surface area (Å²) in [5, 5.41) is 3.94. The minimum Gasteiger partial charge on any atom is -0.493 e. The number of carbonyl (C=O) groups excluding carboxylic acids is 1. The molecule has 2 aromatic rings. The lowest BCUT2D eigenvalue weighted by Crippen LogP contribution is -2.34. The molecule has 1 heterocycles. The number of rotatable bonds is 7. The largest absolute Gasteiger partial charge is 0.493 e. The summed E-state index contributed by atoms with van der Waals surface area (Å²) in [6.45, 7) is 4.25. The number of furan rings is 1. The van der Waals surface area contributed by atoms with E-state index in [9.17, 15) is 4.79 Å². The fourth-order valence-electron chi connectivity index (χ4n) is 2.55. The smallest absolute Gasteiger partial charge is 0.287 e. The number of methoxy groups -OCH3 is 1. The predicted octanol–water partition coefficient (Wildman–Crippen LogP) is 4.14. The van der Waals surface area contributed by atoms with E-state index in [4.69, 9.17) is 9.15 Å². The van der Waals surface area contributed by atoms with Crippen LogP contribution in [0.2, 0.25) is 0 Å². The Balaban J connectivity index is 2.19. The fourth-order valence-corrected chi connectivity index (χ4v) is 2.55. The second-order valence-corrected chi connectivity index (χ2v) is 5.24. The van der Waals surface area contributed by atoms with Crippen LogP contribution in [0, 0.1) is 0 Å². The van der Waals surface area contributed by atoms with Crippen molar-refractivity contribution in [3.05, 3.63) is 30.0 Å². The van der Waals surface area contributed by atoms with Crippen molar-refractivity contribution in [1.82, 2.24) is 5.32 Å². The Morgan fingerprint density at radius 3 is 2.62 bits per heavy atom. The summed E-state index contributed by atoms with van der Waals surface area (Å²) in [5.74, 6) is 0.831. The maximum absolute atomic E-state index is 12.3. The quantitative estimate of drug-likeness (QED) is 0.833. The Morgan fingerprint density at radius 2 is 2.00 bits per heavy atom. The van der Waals surface area contributed by atoms with Crippen LogP contribution in [0.25, 0.3) is 11.0 Å². The zero-order valence-electron chi connectivity index (χ0n) is 12.9. The molecule has 0 atom stereocenters. The Morgan fingerprint density at radius 1 is 1.29 bits per heavy atom. The van der Waals surface area contributed by atoms with E-state index in [1.807, 2.05) is 18.2 Å². The molecule has 1 N–H and O–H groups in total. The first-order chi connectivity index (χ1) is 10.2. The number of amides is 1. The lowest BCUT2D eigenvalue weighted by molar-refractivity contribution is 0.0906. The second kappa shape index (κ2) is 7.16. The minimum atomic E-state index is -0.153. The molecule has 0 saturated carbocycles. The number of ether oxygens (including phenoxy) is 1. The maximum Gasteiger partial charge on any atom is 0.287 e. The van der Waals surface area contributed by atoms with Crippen molar-refractivity contribution in [3.63, 3.8) is 0 Å². The SMILES string of the molecule is CCCC(CCC)NC(=O)c1cc2cccc(OC)c2o1. The van der Waals surface area contributed by atoms with Gasteiger partial charge in [-0.1, -0.05) is 38.8 Å². The average Bonchev–Trinajstić information content (AvgIpc) is 2.91. The number of carbonyl (C=O) groups is 1. The summed E-state index contributed by atoms with van der Waals surface area (Å²) >= 11 is 0. The zero-order chi connectivity index (χ0) is 15.2. The monoisotopic (exact) mass is 289 g/mol. The van der Waals surface area contributed by atoms with E-state index in [0.717, 1.165) is 31.1 Å². The molecule has 0 fully saturated rings. The van der Waals surface area contributed by atoms with Crippen LogP contribution in [-0.4, -0.2) is 19.1 Å². The average molecular weight is 289 g/mol. The van der Waals surface area contributed by atoms with Crippen LogP contribution >= 0.6 is 0 Å². The van der Waals surface area contributed by atoms with Gasteiger partial charge in [-0.25, -0.2) is 0 Å². The van der Waals surface area contributed by atoms with E-state index in [2.05, 4.69) is 19.2 Å². The molecule has 0 unspecified atom stereocenters. The number of hydrogen-bond donors (Lipinski definition) is 1. The standard InChI is InChI=1S/C17H23NO3/c1-4-7-13(8-5-2)18-17(19)15-11-12-9-6-10-14(20-3)16(12)21-15/h6,9-11,13H,4-5,7-8H2,1-3H3,(H,18,19). The Kier molecular flexibility index (Phi) is 5.26. The normalized spacial score (nSPS) is 11.0. The van der Waals surface area contributed by atoms with Crippen LogP contribution < -0.4 is 10.1 Å². The third kappa shape index (κ3) is 3.57. The van der Waals surface area contributed by atoms with Crippen molar-refractivity contribution in [3.8, 4) is 5.75 Å². The van der Waals surface area contributed by atoms with Crippen molar-refractivity contribution < 1.29 is 13.9 Å². The summed E-state index contributed by atoms with van der Waals surface area (Å²) in [6.07, 6.45) is 4.09. The van der Waals surface area contributed by atoms with Gasteiger partial charge in [0.1, 0.15) is 0 Å². The summed E-state index contributed by atoms with van der Waals surface area (Å²) in [7, 11) is 1.59. The first-order valence-corrected chi connectivity index (χ1v) is 7.57. The van der Waals surface area contributed by atoms with Crippen molar-refractivity contribution in [2.45, 2.75) is 45.6 Å². The summed E-state index contributed by atoms with van der Waals surface area (Å²) in [5.41, 5.74) is 0.618. The third-order valence-electron chi connectivity index (χ3n) is 3.56. The van der Waals surface area contributed by atoms with Gasteiger partial charge in [0.05, 0.1) is 7.11 Å². The van der Waals surface area contributed by atoms with Gasteiger partial charge in [0.2, 0.25) is 0 Å². The highest BCUT2D eigenvalue weighted by Gasteiger charge is 2.17. The van der Waals surface area contributed by atoms with Crippen LogP contribution in [0.3, 0.4) is 0 Å². The molecule has 2 rings (SSSR count). The minimum absolute atomic E-state index is 0.153. The molecule has 1 aromatic carbocycles. The molecule has 114 valence electrons. The van der Waals surface area contributed by atoms with Crippen LogP contribution in [0.4, 0.5) is 0 Å². The van der Waals surface area contributed by atoms with E-state index < -0.39 is 0 Å². The van der Waals surface area contributed by atoms with Crippen LogP contribution in [-0.2, 0) is 0 Å². The topological polar surface area (TPSA) is 51.5 Å². The number of hydrogen-bond acceptors (Lipinski definition) is 3. The molecule has 4 nitrogen and oxygen atoms in total. The van der Waals surface area contributed by atoms with Crippen LogP contribution in [0.1, 0.15) is 50.1 Å². The predicted molar refractivity (Wildman–Crippen MR) is 83.8 cm³/mol. The van der Waals surface area contributed by atoms with Gasteiger partial charge in [-0.15, -0.1) is 0 Å². The maximum atomic E-state index is 12.3. The molecule has 0 saturated heterocycles. The van der Waals surface area contributed by atoms with Gasteiger partial charge in [0.15, 0.2) is 17.1 Å². The molecule has 0 spiro atoms. The summed E-state index contributed by atoms with van der Waals surface area (Å²) in [6, 6.07) is 7.60. The highest BCUT2D eigenvalue weighted by Crippen LogP contribution is 2.28. The third-order valence-corrected chi connectivity index (χ3v) is 3.56. The first-order valence-electron chi connectivity index (χ1n) is 7.57. The number of nitrogens with one attached hydrogen (secondary N) is 1. The lowest BCUT2D eigenvalue weighted by Gasteiger charge is -2.16. The highest BCUT2D eigenvalue weighted by molar-refractivity contribution is 5.97. The van der Waals surface area contributed by atoms with Gasteiger partial charge in [0.25, 0.3) is 5.91 Å². The molecule has 1 aromatic heterocycles. The van der Waals surface area contributed by atoms with Gasteiger partial charge in [0, 0.05) is 11.4 Å². The van der Waals surface area contributed by atoms with Crippen molar-refractivity contribution in [2.24, 2.45) is 0 Å². The number of fused-ring (bicyclic) bond motifs is 1. The molecule has 1 amide bonds. The summed E-state index contributed by atoms with van der Waals surface area (Å²) in [4.78, 5) is 12.3. The van der Waals surface area contributed by atoms with Gasteiger partial charge in [-0.2, -0.15) is 0 Å². The molecule has 0 bridgehead atoms. The van der Waals surface area contributed by atoms with Crippen LogP contribution in [0.15, 0.2) is 28.7 Å². The Bertz CT molecular complexity index is 597. The Hall–Kier alpha value is -1.97. The molecule has 0 aliphatic carbocycles. The molecule has 0 aliphatic heterocycles. The molecule has 0 radical (unpaired) electrons. The molecule has 0 aliphatic rings. The van der Waals surface area contributed by atoms with Gasteiger partial charge < -0.3 is 14.5 Å². The van der Waals surface area contributed by atoms with Crippen molar-refractivity contribution >= 4 is 16.9 Å². The van der Waals surface area contributed by atoms with Gasteiger partial charge >= 0.3 is 0 Å². The molecular formula is C17H23NO3. The zero-order valence-corrected chi connectivity index (χ0v) is 12.9. The van der Waals surface area contributed by atoms with E-state index in [1.165, 1.54) is 0 Å². The van der Waals surface area contributed by atoms with Crippen molar-refractivity contribution in [1.29, 1.82) is 0 Å². The summed E-state index contributed by atoms with van der Waals surface area (Å²) < 4.78 is 10.9. The molecule has 4 heteroatoms. The van der Waals surface area contributed by atoms with Gasteiger partial charge in [-0.05, 0) is 25.0 Å². The number of benzene rings is 1. The van der Waals surface area contributed by atoms with Crippen molar-refractivity contribution in [2.75, 3.05) is 7.11 Å². The second-order valence-electron chi connectivity index (χ2n) is 5.24. The van der Waals surface area contributed by atoms with E-state index in [-0.39, 0.29) is 11.9 Å².